The summed E-state index contributed by atoms with van der Waals surface area (Å²) in [4.78, 5) is 20.2. The molecule has 4 nitrogen and oxygen atoms in total. The molecule has 0 aliphatic rings. The van der Waals surface area contributed by atoms with Crippen LogP contribution in [0.25, 0.3) is 0 Å². The first kappa shape index (κ1) is 8.42. The van der Waals surface area contributed by atoms with E-state index in [-0.39, 0.29) is 0 Å². The van der Waals surface area contributed by atoms with Crippen LogP contribution in [-0.2, 0) is 59.0 Å². The number of hydrogen-bond donors (Lipinski definition) is 0. The van der Waals surface area contributed by atoms with Crippen LogP contribution in [0.5, 0.6) is 0 Å². The molecule has 0 rings (SSSR count). The molecule has 0 fully saturated rings. The zero-order valence-corrected chi connectivity index (χ0v) is 9.95. The van der Waals surface area contributed by atoms with Gasteiger partial charge in [0.25, 0.3) is 0 Å². The van der Waals surface area contributed by atoms with Crippen molar-refractivity contribution in [2.75, 3.05) is 0 Å². The van der Waals surface area contributed by atoms with E-state index in [0.29, 0.717) is 42.9 Å². The molecule has 0 spiro atoms. The van der Waals surface area contributed by atoms with Crippen LogP contribution < -0.4 is 0 Å². The third kappa shape index (κ3) is 2.66. The van der Waals surface area contributed by atoms with Crippen LogP contribution in [0.15, 0.2) is 0 Å². The van der Waals surface area contributed by atoms with Crippen LogP contribution >= 0.6 is 0 Å². The van der Waals surface area contributed by atoms with E-state index in [4.69, 9.17) is 0 Å². The molecular formula is C2O4Ta2. The summed E-state index contributed by atoms with van der Waals surface area (Å²) in [6.07, 6.45) is 0. The third-order valence-electron chi connectivity index (χ3n) is 0.332. The molecule has 0 aromatic rings. The average Bonchev–Trinajstić information content (AvgIpc) is 1.84. The van der Waals surface area contributed by atoms with E-state index in [1.54, 1.807) is 0 Å². The van der Waals surface area contributed by atoms with Gasteiger partial charge in [-0.05, 0) is 0 Å². The Labute approximate surface area is 70.7 Å². The summed E-state index contributed by atoms with van der Waals surface area (Å²) in [6.45, 7) is 0. The molecule has 0 radical (unpaired) electrons. The van der Waals surface area contributed by atoms with Crippen molar-refractivity contribution in [1.29, 1.82) is 0 Å². The molecule has 0 unspecified atom stereocenters. The van der Waals surface area contributed by atoms with Crippen molar-refractivity contribution < 1.29 is 59.0 Å². The van der Waals surface area contributed by atoms with Crippen molar-refractivity contribution in [2.45, 2.75) is 0 Å². The van der Waals surface area contributed by atoms with E-state index in [2.05, 4.69) is 6.49 Å². The van der Waals surface area contributed by atoms with Crippen LogP contribution in [0.2, 0.25) is 0 Å². The second kappa shape index (κ2) is 4.31. The SMILES string of the molecule is O=C([O][Ta])C(=O)[O][Ta]. The third-order valence-corrected chi connectivity index (χ3v) is 1.52. The Bertz CT molecular complexity index is 96.6. The fourth-order valence-electron chi connectivity index (χ4n) is 0.0745. The van der Waals surface area contributed by atoms with Crippen LogP contribution in [0.3, 0.4) is 0 Å². The van der Waals surface area contributed by atoms with Gasteiger partial charge in [0.05, 0.1) is 0 Å². The fourth-order valence-corrected chi connectivity index (χ4v) is 0.610. The van der Waals surface area contributed by atoms with E-state index >= 15 is 0 Å². The molecule has 0 saturated heterocycles. The molecule has 0 saturated carbocycles. The normalized spacial score (nSPS) is 7.50. The van der Waals surface area contributed by atoms with E-state index in [9.17, 15) is 9.59 Å². The minimum atomic E-state index is -0.902. The second-order valence-electron chi connectivity index (χ2n) is 0.757. The summed E-state index contributed by atoms with van der Waals surface area (Å²) in [6, 6.07) is 0. The Morgan fingerprint density at radius 3 is 1.38 bits per heavy atom. The van der Waals surface area contributed by atoms with Gasteiger partial charge in [-0.2, -0.15) is 0 Å². The monoisotopic (exact) mass is 450 g/mol. The molecule has 0 atom stereocenters. The zero-order chi connectivity index (χ0) is 6.57. The standard InChI is InChI=1S/C2H2O4.2Ta/c3-1(4)2(5)6;;/h(H,3,4)(H,5,6);;/q;2*+1/p-2. The summed E-state index contributed by atoms with van der Waals surface area (Å²) < 4.78 is 8.24. The van der Waals surface area contributed by atoms with Crippen molar-refractivity contribution in [3.8, 4) is 0 Å². The topological polar surface area (TPSA) is 52.6 Å². The van der Waals surface area contributed by atoms with Crippen molar-refractivity contribution in [3.05, 3.63) is 0 Å². The van der Waals surface area contributed by atoms with Gasteiger partial charge < -0.3 is 0 Å². The van der Waals surface area contributed by atoms with E-state index < -0.39 is 11.9 Å². The number of carbonyl (C=O) groups is 2. The second-order valence-corrected chi connectivity index (χ2v) is 2.07. The predicted octanol–water partition coefficient (Wildman–Crippen LogP) is -1.00. The van der Waals surface area contributed by atoms with Gasteiger partial charge in [0, 0.05) is 0 Å². The number of hydrogen-bond acceptors (Lipinski definition) is 4. The Morgan fingerprint density at radius 2 is 1.25 bits per heavy atom. The van der Waals surface area contributed by atoms with Gasteiger partial charge in [0.2, 0.25) is 0 Å². The predicted molar refractivity (Wildman–Crippen MR) is 12.2 cm³/mol. The molecule has 0 heterocycles. The van der Waals surface area contributed by atoms with Gasteiger partial charge in [-0.1, -0.05) is 0 Å². The molecule has 0 aliphatic carbocycles. The molecule has 8 heavy (non-hydrogen) atoms. The Hall–Kier alpha value is 0.421. The molecule has 0 aromatic carbocycles. The first-order valence-corrected chi connectivity index (χ1v) is 4.06. The zero-order valence-electron chi connectivity index (χ0n) is 3.53. The summed E-state index contributed by atoms with van der Waals surface area (Å²) in [7, 11) is 0. The van der Waals surface area contributed by atoms with Crippen LogP contribution in [0.4, 0.5) is 0 Å². The van der Waals surface area contributed by atoms with Crippen LogP contribution in [0.1, 0.15) is 0 Å². The van der Waals surface area contributed by atoms with Gasteiger partial charge in [-0.15, -0.1) is 0 Å². The van der Waals surface area contributed by atoms with Crippen molar-refractivity contribution >= 4 is 11.9 Å². The summed E-state index contributed by atoms with van der Waals surface area (Å²) in [5.41, 5.74) is 0. The van der Waals surface area contributed by atoms with E-state index in [1.165, 1.54) is 0 Å². The van der Waals surface area contributed by atoms with E-state index in [1.807, 2.05) is 0 Å². The molecule has 42 valence electrons. The summed E-state index contributed by atoms with van der Waals surface area (Å²) >= 11 is 0.829. The van der Waals surface area contributed by atoms with Gasteiger partial charge in [-0.3, -0.25) is 0 Å². The van der Waals surface area contributed by atoms with Crippen LogP contribution in [0, 0.1) is 0 Å². The Balaban J connectivity index is 3.64. The number of rotatable bonds is 0. The van der Waals surface area contributed by atoms with Gasteiger partial charge in [0.15, 0.2) is 0 Å². The quantitative estimate of drug-likeness (QED) is 0.445. The first-order valence-electron chi connectivity index (χ1n) is 1.43. The Kier molecular flexibility index (Phi) is 4.54. The maximum atomic E-state index is 10.1. The Morgan fingerprint density at radius 1 is 1.00 bits per heavy atom. The maximum absolute atomic E-state index is 10.1. The fraction of sp³-hybridized carbons (Fsp3) is 0. The van der Waals surface area contributed by atoms with Gasteiger partial charge in [-0.25, -0.2) is 0 Å². The first-order chi connectivity index (χ1) is 3.72. The van der Waals surface area contributed by atoms with Crippen molar-refractivity contribution in [3.63, 3.8) is 0 Å². The summed E-state index contributed by atoms with van der Waals surface area (Å²) in [5.74, 6) is -1.80. The van der Waals surface area contributed by atoms with Gasteiger partial charge >= 0.3 is 70.9 Å². The average molecular weight is 450 g/mol. The number of carbonyl (C=O) groups excluding carboxylic acids is 2. The molecular weight excluding hydrogens is 450 g/mol. The van der Waals surface area contributed by atoms with E-state index in [0.717, 1.165) is 0 Å². The van der Waals surface area contributed by atoms with Gasteiger partial charge in [0.1, 0.15) is 0 Å². The van der Waals surface area contributed by atoms with Crippen LogP contribution in [-0.4, -0.2) is 11.9 Å². The molecule has 0 amide bonds. The molecule has 0 aromatic heterocycles. The molecule has 0 N–H and O–H groups in total. The molecule has 0 aliphatic heterocycles. The van der Waals surface area contributed by atoms with Crippen molar-refractivity contribution in [2.24, 2.45) is 0 Å². The molecule has 0 bridgehead atoms. The minimum absolute atomic E-state index is 0.414. The summed E-state index contributed by atoms with van der Waals surface area (Å²) in [5, 5.41) is 0. The molecule has 6 heteroatoms. The van der Waals surface area contributed by atoms with Crippen molar-refractivity contribution in [1.82, 2.24) is 0 Å².